The molecule has 0 aliphatic heterocycles. The third-order valence-corrected chi connectivity index (χ3v) is 6.22. The fourth-order valence-corrected chi connectivity index (χ4v) is 4.63. The molecule has 0 unspecified atom stereocenters. The number of nitrogens with one attached hydrogen (secondary N) is 1. The van der Waals surface area contributed by atoms with Crippen molar-refractivity contribution in [3.63, 3.8) is 0 Å². The van der Waals surface area contributed by atoms with Gasteiger partial charge in [-0.3, -0.25) is 4.79 Å². The molecule has 2 aromatic carbocycles. The molecule has 35 heavy (non-hydrogen) atoms. The SMILES string of the molecule is Cc1nn2c(C(F)F)c(C(=O)N[C@H]3CCc4ccccc43)cnc2c1-c1cccc(C(F)(F)F)c1. The van der Waals surface area contributed by atoms with Gasteiger partial charge in [-0.1, -0.05) is 36.4 Å². The Bertz CT molecular complexity index is 1440. The van der Waals surface area contributed by atoms with Crippen molar-refractivity contribution >= 4 is 11.6 Å². The highest BCUT2D eigenvalue weighted by Crippen LogP contribution is 2.36. The van der Waals surface area contributed by atoms with Crippen molar-refractivity contribution in [2.75, 3.05) is 0 Å². The number of alkyl halides is 5. The highest BCUT2D eigenvalue weighted by molar-refractivity contribution is 5.96. The number of amides is 1. The lowest BCUT2D eigenvalue weighted by molar-refractivity contribution is -0.137. The standard InChI is InChI=1S/C25H19F5N4O/c1-13-20(15-6-4-7-16(11-15)25(28,29)30)23-31-12-18(21(22(26)27)34(23)33-13)24(35)32-19-10-9-14-5-2-3-8-17(14)19/h2-8,11-12,19,22H,9-10H2,1H3,(H,32,35)/t19-/m0/s1. The number of benzene rings is 2. The average Bonchev–Trinajstić information content (AvgIpc) is 3.37. The van der Waals surface area contributed by atoms with Gasteiger partial charge in [0.25, 0.3) is 12.3 Å². The van der Waals surface area contributed by atoms with E-state index in [2.05, 4.69) is 15.4 Å². The number of nitrogens with zero attached hydrogens (tertiary/aromatic N) is 3. The lowest BCUT2D eigenvalue weighted by Crippen LogP contribution is -2.29. The lowest BCUT2D eigenvalue weighted by Gasteiger charge is -2.16. The molecule has 1 aliphatic rings. The maximum Gasteiger partial charge on any atom is 0.416 e. The van der Waals surface area contributed by atoms with Gasteiger partial charge in [-0.25, -0.2) is 18.3 Å². The Kier molecular flexibility index (Phi) is 5.53. The highest BCUT2D eigenvalue weighted by Gasteiger charge is 2.32. The van der Waals surface area contributed by atoms with E-state index in [1.807, 2.05) is 24.3 Å². The average molecular weight is 486 g/mol. The second-order valence-electron chi connectivity index (χ2n) is 8.40. The van der Waals surface area contributed by atoms with Crippen LogP contribution in [0.15, 0.2) is 54.7 Å². The zero-order chi connectivity index (χ0) is 24.9. The molecule has 0 fully saturated rings. The number of halogens is 5. The fraction of sp³-hybridized carbons (Fsp3) is 0.240. The van der Waals surface area contributed by atoms with E-state index in [0.717, 1.165) is 40.4 Å². The van der Waals surface area contributed by atoms with Crippen LogP contribution in [0.25, 0.3) is 16.8 Å². The van der Waals surface area contributed by atoms with Crippen LogP contribution < -0.4 is 5.32 Å². The van der Waals surface area contributed by atoms with Crippen molar-refractivity contribution in [3.8, 4) is 11.1 Å². The molecule has 10 heteroatoms. The Balaban J connectivity index is 1.57. The van der Waals surface area contributed by atoms with Crippen molar-refractivity contribution in [1.82, 2.24) is 19.9 Å². The van der Waals surface area contributed by atoms with Gasteiger partial charge < -0.3 is 5.32 Å². The summed E-state index contributed by atoms with van der Waals surface area (Å²) in [6, 6.07) is 11.8. The molecule has 1 N–H and O–H groups in total. The van der Waals surface area contributed by atoms with Gasteiger partial charge in [0.2, 0.25) is 0 Å². The summed E-state index contributed by atoms with van der Waals surface area (Å²) in [6.07, 6.45) is -5.21. The monoisotopic (exact) mass is 486 g/mol. The van der Waals surface area contributed by atoms with Gasteiger partial charge in [0.05, 0.1) is 22.9 Å². The Hall–Kier alpha value is -3.82. The van der Waals surface area contributed by atoms with Gasteiger partial charge in [0, 0.05) is 11.8 Å². The van der Waals surface area contributed by atoms with Gasteiger partial charge in [-0.05, 0) is 48.6 Å². The number of fused-ring (bicyclic) bond motifs is 2. The predicted molar refractivity (Wildman–Crippen MR) is 118 cm³/mol. The van der Waals surface area contributed by atoms with E-state index in [0.29, 0.717) is 6.42 Å². The number of hydrogen-bond acceptors (Lipinski definition) is 3. The number of hydrogen-bond donors (Lipinski definition) is 1. The molecule has 0 bridgehead atoms. The topological polar surface area (TPSA) is 59.3 Å². The molecule has 1 atom stereocenters. The molecule has 1 amide bonds. The minimum Gasteiger partial charge on any atom is -0.345 e. The molecule has 5 nitrogen and oxygen atoms in total. The van der Waals surface area contributed by atoms with E-state index in [-0.39, 0.29) is 34.1 Å². The smallest absolute Gasteiger partial charge is 0.345 e. The number of carbonyl (C=O) groups excluding carboxylic acids is 1. The number of aromatic nitrogens is 3. The van der Waals surface area contributed by atoms with Gasteiger partial charge in [0.15, 0.2) is 5.65 Å². The second kappa shape index (κ2) is 8.44. The number of aryl methyl sites for hydroxylation is 2. The summed E-state index contributed by atoms with van der Waals surface area (Å²) in [5.41, 5.74) is 0.630. The molecule has 180 valence electrons. The van der Waals surface area contributed by atoms with Crippen LogP contribution in [0.2, 0.25) is 0 Å². The maximum atomic E-state index is 14.2. The first-order chi connectivity index (χ1) is 16.6. The van der Waals surface area contributed by atoms with Gasteiger partial charge in [-0.2, -0.15) is 18.3 Å². The largest absolute Gasteiger partial charge is 0.416 e. The first-order valence-electron chi connectivity index (χ1n) is 10.9. The summed E-state index contributed by atoms with van der Waals surface area (Å²) < 4.78 is 68.9. The second-order valence-corrected chi connectivity index (χ2v) is 8.40. The predicted octanol–water partition coefficient (Wildman–Crippen LogP) is 6.08. The van der Waals surface area contributed by atoms with Crippen molar-refractivity contribution in [2.45, 2.75) is 38.4 Å². The molecule has 0 saturated heterocycles. The zero-order valence-electron chi connectivity index (χ0n) is 18.4. The molecule has 4 aromatic rings. The molecule has 0 radical (unpaired) electrons. The Labute approximate surface area is 196 Å². The summed E-state index contributed by atoms with van der Waals surface area (Å²) in [7, 11) is 0. The van der Waals surface area contributed by atoms with E-state index >= 15 is 0 Å². The summed E-state index contributed by atoms with van der Waals surface area (Å²) in [6.45, 7) is 1.49. The molecule has 5 rings (SSSR count). The minimum absolute atomic E-state index is 0.0557. The maximum absolute atomic E-state index is 14.2. The summed E-state index contributed by atoms with van der Waals surface area (Å²) in [4.78, 5) is 17.2. The first kappa shape index (κ1) is 22.9. The van der Waals surface area contributed by atoms with Crippen LogP contribution in [0, 0.1) is 6.92 Å². The number of rotatable bonds is 4. The summed E-state index contributed by atoms with van der Waals surface area (Å²) in [5.74, 6) is -0.717. The van der Waals surface area contributed by atoms with Gasteiger partial charge in [-0.15, -0.1) is 0 Å². The van der Waals surface area contributed by atoms with E-state index < -0.39 is 29.8 Å². The molecule has 2 aromatic heterocycles. The van der Waals surface area contributed by atoms with Crippen molar-refractivity contribution < 1.29 is 26.7 Å². The zero-order valence-corrected chi connectivity index (χ0v) is 18.4. The third kappa shape index (κ3) is 4.02. The molecule has 0 spiro atoms. The summed E-state index contributed by atoms with van der Waals surface area (Å²) >= 11 is 0. The van der Waals surface area contributed by atoms with Gasteiger partial charge in [0.1, 0.15) is 5.69 Å². The quantitative estimate of drug-likeness (QED) is 0.356. The van der Waals surface area contributed by atoms with Crippen LogP contribution in [0.5, 0.6) is 0 Å². The Morgan fingerprint density at radius 1 is 1.14 bits per heavy atom. The van der Waals surface area contributed by atoms with E-state index in [1.165, 1.54) is 19.1 Å². The fourth-order valence-electron chi connectivity index (χ4n) is 4.63. The van der Waals surface area contributed by atoms with Crippen molar-refractivity contribution in [1.29, 1.82) is 0 Å². The van der Waals surface area contributed by atoms with Crippen LogP contribution in [0.3, 0.4) is 0 Å². The first-order valence-corrected chi connectivity index (χ1v) is 10.9. The summed E-state index contributed by atoms with van der Waals surface area (Å²) in [5, 5.41) is 6.94. The van der Waals surface area contributed by atoms with Crippen molar-refractivity contribution in [2.24, 2.45) is 0 Å². The van der Waals surface area contributed by atoms with Crippen LogP contribution in [-0.2, 0) is 12.6 Å². The Morgan fingerprint density at radius 3 is 2.66 bits per heavy atom. The lowest BCUT2D eigenvalue weighted by atomic mass is 10.0. The van der Waals surface area contributed by atoms with E-state index in [1.54, 1.807) is 0 Å². The molecule has 2 heterocycles. The van der Waals surface area contributed by atoms with Crippen LogP contribution in [0.1, 0.15) is 57.3 Å². The van der Waals surface area contributed by atoms with Crippen LogP contribution in [0.4, 0.5) is 22.0 Å². The molecule has 0 saturated carbocycles. The highest BCUT2D eigenvalue weighted by atomic mass is 19.4. The molecular formula is C25H19F5N4O. The van der Waals surface area contributed by atoms with E-state index in [4.69, 9.17) is 0 Å². The van der Waals surface area contributed by atoms with Crippen LogP contribution >= 0.6 is 0 Å². The number of carbonyl (C=O) groups is 1. The van der Waals surface area contributed by atoms with Crippen molar-refractivity contribution in [3.05, 3.63) is 88.4 Å². The minimum atomic E-state index is -4.57. The third-order valence-electron chi connectivity index (χ3n) is 6.22. The molecule has 1 aliphatic carbocycles. The Morgan fingerprint density at radius 2 is 1.91 bits per heavy atom. The van der Waals surface area contributed by atoms with E-state index in [9.17, 15) is 26.7 Å². The molecular weight excluding hydrogens is 467 g/mol. The normalized spacial score (nSPS) is 15.6. The van der Waals surface area contributed by atoms with Crippen LogP contribution in [-0.4, -0.2) is 20.5 Å². The van der Waals surface area contributed by atoms with Gasteiger partial charge >= 0.3 is 6.18 Å².